The predicted molar refractivity (Wildman–Crippen MR) is 44.0 cm³/mol. The molecule has 0 saturated heterocycles. The topological polar surface area (TPSA) is 110 Å². The van der Waals surface area contributed by atoms with Crippen molar-refractivity contribution in [1.82, 2.24) is 5.32 Å². The van der Waals surface area contributed by atoms with Crippen molar-refractivity contribution in [2.24, 2.45) is 0 Å². The first-order valence-corrected chi connectivity index (χ1v) is 3.87. The van der Waals surface area contributed by atoms with Gasteiger partial charge in [0.05, 0.1) is 25.4 Å². The Bertz CT molecular complexity index is 163. The van der Waals surface area contributed by atoms with Gasteiger partial charge in [0.2, 0.25) is 0 Å². The number of aliphatic hydroxyl groups excluding tert-OH is 4. The van der Waals surface area contributed by atoms with Gasteiger partial charge in [0.25, 0.3) is 0 Å². The molecule has 5 N–H and O–H groups in total. The van der Waals surface area contributed by atoms with E-state index < -0.39 is 37.2 Å². The summed E-state index contributed by atoms with van der Waals surface area (Å²) in [5, 5.41) is 37.5. The van der Waals surface area contributed by atoms with Gasteiger partial charge in [0.15, 0.2) is 5.78 Å². The number of hydrogen-bond acceptors (Lipinski definition) is 6. The van der Waals surface area contributed by atoms with E-state index in [1.165, 1.54) is 7.05 Å². The molecule has 0 rings (SSSR count). The van der Waals surface area contributed by atoms with Gasteiger partial charge in [0, 0.05) is 0 Å². The highest BCUT2D eigenvalue weighted by molar-refractivity contribution is 5.88. The van der Waals surface area contributed by atoms with E-state index >= 15 is 0 Å². The molecule has 0 aromatic heterocycles. The van der Waals surface area contributed by atoms with Crippen molar-refractivity contribution in [1.29, 1.82) is 0 Å². The molecule has 0 unspecified atom stereocenters. The summed E-state index contributed by atoms with van der Waals surface area (Å²) in [4.78, 5) is 11.2. The van der Waals surface area contributed by atoms with E-state index in [1.54, 1.807) is 0 Å². The van der Waals surface area contributed by atoms with Crippen LogP contribution in [0.1, 0.15) is 0 Å². The van der Waals surface area contributed by atoms with Crippen molar-refractivity contribution in [3.63, 3.8) is 0 Å². The van der Waals surface area contributed by atoms with Gasteiger partial charge in [-0.3, -0.25) is 4.79 Å². The maximum atomic E-state index is 11.2. The molecule has 0 heterocycles. The first-order chi connectivity index (χ1) is 6.08. The number of likely N-dealkylation sites (N-methyl/N-ethyl adjacent to an activating group) is 1. The quantitative estimate of drug-likeness (QED) is 0.305. The molecular formula is C7H15NO5. The highest BCUT2D eigenvalue weighted by atomic mass is 16.3. The third kappa shape index (κ3) is 3.37. The Balaban J connectivity index is 4.31. The summed E-state index contributed by atoms with van der Waals surface area (Å²) in [5.41, 5.74) is 0. The van der Waals surface area contributed by atoms with Gasteiger partial charge in [0.1, 0.15) is 6.10 Å². The van der Waals surface area contributed by atoms with Crippen molar-refractivity contribution in [2.75, 3.05) is 20.3 Å². The second kappa shape index (κ2) is 6.01. The van der Waals surface area contributed by atoms with Crippen molar-refractivity contribution in [2.45, 2.75) is 18.2 Å². The number of Topliss-reactive ketones (excluding diaryl/α,β-unsaturated/α-hetero) is 1. The molecule has 0 aromatic rings. The highest BCUT2D eigenvalue weighted by Gasteiger charge is 2.29. The SMILES string of the molecule is CN[C@@H](C(=O)[C@H](O)CO)[C@@H](O)CO. The van der Waals surface area contributed by atoms with Gasteiger partial charge in [-0.2, -0.15) is 0 Å². The van der Waals surface area contributed by atoms with Crippen LogP contribution >= 0.6 is 0 Å². The van der Waals surface area contributed by atoms with Crippen LogP contribution < -0.4 is 5.32 Å². The Labute approximate surface area is 75.8 Å². The van der Waals surface area contributed by atoms with E-state index in [0.29, 0.717) is 0 Å². The molecule has 3 atom stereocenters. The number of nitrogens with one attached hydrogen (secondary N) is 1. The lowest BCUT2D eigenvalue weighted by atomic mass is 10.0. The molecule has 0 aromatic carbocycles. The lowest BCUT2D eigenvalue weighted by Gasteiger charge is -2.21. The fourth-order valence-corrected chi connectivity index (χ4v) is 0.927. The van der Waals surface area contributed by atoms with E-state index in [4.69, 9.17) is 20.4 Å². The fourth-order valence-electron chi connectivity index (χ4n) is 0.927. The van der Waals surface area contributed by atoms with E-state index in [-0.39, 0.29) is 0 Å². The number of hydrogen-bond donors (Lipinski definition) is 5. The van der Waals surface area contributed by atoms with Crippen LogP contribution in [0.2, 0.25) is 0 Å². The normalized spacial score (nSPS) is 17.9. The zero-order valence-corrected chi connectivity index (χ0v) is 7.34. The predicted octanol–water partition coefficient (Wildman–Crippen LogP) is -3.15. The summed E-state index contributed by atoms with van der Waals surface area (Å²) in [7, 11) is 1.41. The van der Waals surface area contributed by atoms with E-state index in [2.05, 4.69) is 5.32 Å². The highest BCUT2D eigenvalue weighted by Crippen LogP contribution is 1.98. The Kier molecular flexibility index (Phi) is 5.76. The molecule has 0 aliphatic heterocycles. The van der Waals surface area contributed by atoms with Gasteiger partial charge in [-0.25, -0.2) is 0 Å². The van der Waals surface area contributed by atoms with Crippen LogP contribution in [0, 0.1) is 0 Å². The molecule has 0 saturated carbocycles. The van der Waals surface area contributed by atoms with Crippen LogP contribution in [-0.2, 0) is 4.79 Å². The van der Waals surface area contributed by atoms with Gasteiger partial charge in [-0.15, -0.1) is 0 Å². The Morgan fingerprint density at radius 3 is 2.15 bits per heavy atom. The third-order valence-electron chi connectivity index (χ3n) is 1.69. The monoisotopic (exact) mass is 193 g/mol. The molecule has 13 heavy (non-hydrogen) atoms. The summed E-state index contributed by atoms with van der Waals surface area (Å²) < 4.78 is 0. The number of carbonyl (C=O) groups excluding carboxylic acids is 1. The first-order valence-electron chi connectivity index (χ1n) is 3.87. The maximum Gasteiger partial charge on any atom is 0.183 e. The lowest BCUT2D eigenvalue weighted by Crippen LogP contribution is -2.50. The lowest BCUT2D eigenvalue weighted by molar-refractivity contribution is -0.134. The minimum atomic E-state index is -1.53. The molecule has 0 fully saturated rings. The van der Waals surface area contributed by atoms with E-state index in [1.807, 2.05) is 0 Å². The minimum Gasteiger partial charge on any atom is -0.394 e. The second-order valence-electron chi connectivity index (χ2n) is 2.62. The average molecular weight is 193 g/mol. The van der Waals surface area contributed by atoms with Crippen molar-refractivity contribution < 1.29 is 25.2 Å². The number of rotatable bonds is 6. The average Bonchev–Trinajstić information content (AvgIpc) is 2.17. The van der Waals surface area contributed by atoms with Gasteiger partial charge >= 0.3 is 0 Å². The zero-order chi connectivity index (χ0) is 10.4. The third-order valence-corrected chi connectivity index (χ3v) is 1.69. The minimum absolute atomic E-state index is 0.588. The van der Waals surface area contributed by atoms with Crippen LogP contribution in [0.5, 0.6) is 0 Å². The van der Waals surface area contributed by atoms with Crippen LogP contribution in [0.3, 0.4) is 0 Å². The smallest absolute Gasteiger partial charge is 0.183 e. The number of aliphatic hydroxyl groups is 4. The summed E-state index contributed by atoms with van der Waals surface area (Å²) in [6, 6.07) is -1.06. The summed E-state index contributed by atoms with van der Waals surface area (Å²) >= 11 is 0. The Morgan fingerprint density at radius 2 is 1.85 bits per heavy atom. The Hall–Kier alpha value is -0.530. The zero-order valence-electron chi connectivity index (χ0n) is 7.34. The largest absolute Gasteiger partial charge is 0.394 e. The molecule has 6 nitrogen and oxygen atoms in total. The number of ketones is 1. The standard InChI is InChI=1S/C7H15NO5/c1-8-6(4(11)2-9)7(13)5(12)3-10/h4-6,8-12H,2-3H2,1H3/t4-,5+,6+/m0/s1. The Morgan fingerprint density at radius 1 is 1.31 bits per heavy atom. The molecule has 0 radical (unpaired) electrons. The van der Waals surface area contributed by atoms with Crippen LogP contribution in [-0.4, -0.2) is 64.7 Å². The van der Waals surface area contributed by atoms with E-state index in [9.17, 15) is 4.79 Å². The second-order valence-corrected chi connectivity index (χ2v) is 2.62. The van der Waals surface area contributed by atoms with Gasteiger partial charge in [-0.05, 0) is 7.05 Å². The van der Waals surface area contributed by atoms with Crippen molar-refractivity contribution in [3.05, 3.63) is 0 Å². The summed E-state index contributed by atoms with van der Waals surface area (Å²) in [5.74, 6) is -0.744. The maximum absolute atomic E-state index is 11.2. The molecular weight excluding hydrogens is 178 g/mol. The van der Waals surface area contributed by atoms with Crippen molar-refractivity contribution in [3.8, 4) is 0 Å². The molecule has 0 amide bonds. The molecule has 6 heteroatoms. The van der Waals surface area contributed by atoms with Gasteiger partial charge < -0.3 is 25.7 Å². The van der Waals surface area contributed by atoms with Crippen LogP contribution in [0.4, 0.5) is 0 Å². The van der Waals surface area contributed by atoms with Crippen molar-refractivity contribution >= 4 is 5.78 Å². The molecule has 0 bridgehead atoms. The molecule has 0 aliphatic rings. The molecule has 78 valence electrons. The first kappa shape index (κ1) is 12.5. The number of carbonyl (C=O) groups is 1. The molecule has 0 spiro atoms. The molecule has 0 aliphatic carbocycles. The van der Waals surface area contributed by atoms with Crippen LogP contribution in [0.25, 0.3) is 0 Å². The van der Waals surface area contributed by atoms with Crippen LogP contribution in [0.15, 0.2) is 0 Å². The fraction of sp³-hybridized carbons (Fsp3) is 0.857. The van der Waals surface area contributed by atoms with Gasteiger partial charge in [-0.1, -0.05) is 0 Å². The summed E-state index contributed by atoms with van der Waals surface area (Å²) in [6.45, 7) is -1.29. The summed E-state index contributed by atoms with van der Waals surface area (Å²) in [6.07, 6.45) is -2.81. The van der Waals surface area contributed by atoms with E-state index in [0.717, 1.165) is 0 Å².